The largest absolute Gasteiger partial charge is 0.492 e. The second kappa shape index (κ2) is 20.6. The van der Waals surface area contributed by atoms with Crippen LogP contribution in [0.5, 0.6) is 5.75 Å². The van der Waals surface area contributed by atoms with Gasteiger partial charge in [0.05, 0.1) is 28.4 Å². The Labute approximate surface area is 398 Å². The minimum atomic E-state index is -2.94. The molecule has 5 heterocycles. The number of benzene rings is 3. The minimum absolute atomic E-state index is 0.0577. The lowest BCUT2D eigenvalue weighted by atomic mass is 9.89. The molecule has 13 nitrogen and oxygen atoms in total. The van der Waals surface area contributed by atoms with Crippen LogP contribution in [-0.4, -0.2) is 108 Å². The zero-order chi connectivity index (χ0) is 47.6. The van der Waals surface area contributed by atoms with Gasteiger partial charge in [0.2, 0.25) is 17.8 Å². The highest BCUT2D eigenvalue weighted by atomic mass is 79.9. The molecule has 0 bridgehead atoms. The number of piperidine rings is 2. The van der Waals surface area contributed by atoms with Crippen molar-refractivity contribution >= 4 is 79.9 Å². The highest BCUT2D eigenvalue weighted by molar-refractivity contribution is 9.10. The molecule has 8 rings (SSSR count). The molecule has 3 aliphatic rings. The number of pyridine rings is 1. The summed E-state index contributed by atoms with van der Waals surface area (Å²) in [6, 6.07) is 12.3. The summed E-state index contributed by atoms with van der Waals surface area (Å²) in [5.41, 5.74) is 4.56. The molecule has 3 aromatic carbocycles. The number of carbonyl (C=O) groups is 2. The smallest absolute Gasteiger partial charge is 0.234 e. The topological polar surface area (TPSA) is 145 Å². The summed E-state index contributed by atoms with van der Waals surface area (Å²) in [6.07, 6.45) is 5.71. The van der Waals surface area contributed by atoms with E-state index in [1.165, 1.54) is 18.2 Å². The summed E-state index contributed by atoms with van der Waals surface area (Å²) in [7, 11) is -2.94. The number of hydrogen-bond donors (Lipinski definition) is 3. The van der Waals surface area contributed by atoms with Gasteiger partial charge >= 0.3 is 0 Å². The lowest BCUT2D eigenvalue weighted by Crippen LogP contribution is -2.53. The molecule has 3 saturated heterocycles. The van der Waals surface area contributed by atoms with E-state index in [0.29, 0.717) is 81.7 Å². The Morgan fingerprint density at radius 2 is 1.60 bits per heavy atom. The first kappa shape index (κ1) is 48.4. The molecule has 18 heteroatoms. The Morgan fingerprint density at radius 3 is 2.25 bits per heavy atom. The number of rotatable bonds is 15. The van der Waals surface area contributed by atoms with Crippen LogP contribution >= 0.6 is 23.1 Å². The van der Waals surface area contributed by atoms with Gasteiger partial charge in [-0.1, -0.05) is 19.9 Å². The Hall–Kier alpha value is -5.09. The van der Waals surface area contributed by atoms with E-state index >= 15 is 13.2 Å². The van der Waals surface area contributed by atoms with Crippen LogP contribution in [0.25, 0.3) is 10.9 Å². The number of anilines is 5. The number of amides is 2. The highest BCUT2D eigenvalue weighted by Gasteiger charge is 2.33. The van der Waals surface area contributed by atoms with E-state index in [-0.39, 0.29) is 23.9 Å². The zero-order valence-corrected chi connectivity index (χ0v) is 41.1. The Kier molecular flexibility index (Phi) is 14.9. The molecule has 3 fully saturated rings. The van der Waals surface area contributed by atoms with Gasteiger partial charge < -0.3 is 29.7 Å². The highest BCUT2D eigenvalue weighted by Crippen LogP contribution is 2.43. The number of imide groups is 1. The molecule has 67 heavy (non-hydrogen) atoms. The van der Waals surface area contributed by atoms with E-state index in [1.807, 2.05) is 19.9 Å². The molecule has 5 aromatic rings. The van der Waals surface area contributed by atoms with Gasteiger partial charge in [-0.05, 0) is 110 Å². The first-order valence-corrected chi connectivity index (χ1v) is 26.6. The van der Waals surface area contributed by atoms with Crippen LogP contribution in [0.3, 0.4) is 0 Å². The quantitative estimate of drug-likeness (QED) is 0.0681. The Balaban J connectivity index is 0.894. The third kappa shape index (κ3) is 10.8. The van der Waals surface area contributed by atoms with Crippen LogP contribution < -0.4 is 30.9 Å². The molecular formula is C49H58BrF3N9O4P. The standard InChI is InChI=1S/C49H58BrF3N9O4P/c1-6-30-25-39(57-49-54-28-35(50)47(59-49)56-40-26-38(53)45-34(46(40)67(4,5)65)10-9-31(7-2)55-45)42(66-8-3)27-41(30)62-17-14-32(15-18-62)61-21-19-60(20-22-61)16-13-29-23-36(51)44(37(52)24-29)33-11-12-43(63)58-48(33)64/h9-10,23-28,32-33H,6-8,11-22H2,1-5H3,(H,58,63,64)(H2,54,56,57,59). The van der Waals surface area contributed by atoms with Crippen molar-refractivity contribution in [1.29, 1.82) is 0 Å². The Bertz CT molecular complexity index is 2700. The van der Waals surface area contributed by atoms with E-state index in [4.69, 9.17) is 9.72 Å². The van der Waals surface area contributed by atoms with Crippen LogP contribution in [0.1, 0.15) is 74.8 Å². The SMILES string of the molecule is CCOc1cc(N2CCC(N3CCN(CCc4cc(F)c(C5CCC(=O)NC5=O)c(F)c4)CC3)CC2)c(CC)cc1Nc1ncc(Br)c(Nc2cc(F)c3nc(CC)ccc3c2P(C)(C)=O)n1. The average Bonchev–Trinajstić information content (AvgIpc) is 3.30. The monoisotopic (exact) mass is 1000 g/mol. The van der Waals surface area contributed by atoms with Gasteiger partial charge in [0.15, 0.2) is 5.82 Å². The summed E-state index contributed by atoms with van der Waals surface area (Å²) in [6.45, 7) is 15.8. The second-order valence-corrected chi connectivity index (χ2v) is 21.9. The first-order chi connectivity index (χ1) is 32.1. The number of fused-ring (bicyclic) bond motifs is 1. The number of aromatic nitrogens is 3. The van der Waals surface area contributed by atoms with Crippen molar-refractivity contribution in [1.82, 2.24) is 30.1 Å². The molecule has 3 N–H and O–H groups in total. The number of aryl methyl sites for hydroxylation is 2. The fraction of sp³-hybridized carbons (Fsp3) is 0.449. The van der Waals surface area contributed by atoms with Crippen molar-refractivity contribution in [2.75, 3.05) is 81.3 Å². The molecule has 0 aliphatic carbocycles. The maximum Gasteiger partial charge on any atom is 0.234 e. The molecule has 0 saturated carbocycles. The third-order valence-electron chi connectivity index (χ3n) is 13.1. The van der Waals surface area contributed by atoms with Gasteiger partial charge in [-0.15, -0.1) is 0 Å². The van der Waals surface area contributed by atoms with Crippen LogP contribution in [0, 0.1) is 17.5 Å². The van der Waals surface area contributed by atoms with E-state index in [9.17, 15) is 14.2 Å². The van der Waals surface area contributed by atoms with Crippen molar-refractivity contribution in [2.45, 2.75) is 77.7 Å². The van der Waals surface area contributed by atoms with Gasteiger partial charge in [0.1, 0.15) is 35.9 Å². The maximum atomic E-state index is 15.6. The summed E-state index contributed by atoms with van der Waals surface area (Å²) in [5.74, 6) is -2.76. The van der Waals surface area contributed by atoms with Gasteiger partial charge in [0.25, 0.3) is 0 Å². The molecule has 0 spiro atoms. The van der Waals surface area contributed by atoms with Crippen molar-refractivity contribution in [3.8, 4) is 5.75 Å². The lowest BCUT2D eigenvalue weighted by Gasteiger charge is -2.43. The second-order valence-electron chi connectivity index (χ2n) is 17.9. The van der Waals surface area contributed by atoms with Gasteiger partial charge in [-0.3, -0.25) is 19.8 Å². The van der Waals surface area contributed by atoms with E-state index in [1.54, 1.807) is 25.6 Å². The number of nitrogens with zero attached hydrogens (tertiary/aromatic N) is 6. The average molecular weight is 1000 g/mol. The number of halogens is 4. The van der Waals surface area contributed by atoms with Crippen LogP contribution in [0.15, 0.2) is 53.1 Å². The first-order valence-electron chi connectivity index (χ1n) is 23.2. The Morgan fingerprint density at radius 1 is 0.866 bits per heavy atom. The van der Waals surface area contributed by atoms with Gasteiger partial charge in [-0.2, -0.15) is 4.98 Å². The van der Waals surface area contributed by atoms with Crippen molar-refractivity contribution in [3.63, 3.8) is 0 Å². The molecule has 1 atom stereocenters. The van der Waals surface area contributed by atoms with Gasteiger partial charge in [0, 0.05) is 104 Å². The van der Waals surface area contributed by atoms with E-state index < -0.39 is 42.3 Å². The van der Waals surface area contributed by atoms with E-state index in [0.717, 1.165) is 75.5 Å². The number of ether oxygens (including phenoxy) is 1. The molecule has 2 amide bonds. The normalized spacial score (nSPS) is 17.8. The zero-order valence-electron chi connectivity index (χ0n) is 38.7. The van der Waals surface area contributed by atoms with Crippen molar-refractivity contribution in [2.24, 2.45) is 0 Å². The molecule has 3 aliphatic heterocycles. The van der Waals surface area contributed by atoms with Gasteiger partial charge in [-0.25, -0.2) is 23.1 Å². The molecule has 2 aromatic heterocycles. The predicted octanol–water partition coefficient (Wildman–Crippen LogP) is 8.81. The molecule has 1 unspecified atom stereocenters. The molecule has 356 valence electrons. The van der Waals surface area contributed by atoms with Crippen LogP contribution in [-0.2, 0) is 33.4 Å². The summed E-state index contributed by atoms with van der Waals surface area (Å²) in [4.78, 5) is 45.0. The van der Waals surface area contributed by atoms with Crippen LogP contribution in [0.4, 0.5) is 42.0 Å². The predicted molar refractivity (Wildman–Crippen MR) is 262 cm³/mol. The fourth-order valence-electron chi connectivity index (χ4n) is 9.67. The summed E-state index contributed by atoms with van der Waals surface area (Å²) in [5, 5.41) is 9.80. The number of nitrogens with one attached hydrogen (secondary N) is 3. The molecule has 0 radical (unpaired) electrons. The van der Waals surface area contributed by atoms with E-state index in [2.05, 4.69) is 75.6 Å². The fourth-order valence-corrected chi connectivity index (χ4v) is 11.4. The number of carbonyl (C=O) groups excluding carboxylic acids is 2. The number of piperazine rings is 1. The lowest BCUT2D eigenvalue weighted by molar-refractivity contribution is -0.134. The van der Waals surface area contributed by atoms with Crippen molar-refractivity contribution in [3.05, 3.63) is 93.0 Å². The molecular weight excluding hydrogens is 946 g/mol. The number of hydrogen-bond acceptors (Lipinski definition) is 12. The maximum absolute atomic E-state index is 15.6. The van der Waals surface area contributed by atoms with Crippen molar-refractivity contribution < 1.29 is 32.1 Å². The summed E-state index contributed by atoms with van der Waals surface area (Å²) < 4.78 is 66.4. The third-order valence-corrected chi connectivity index (χ3v) is 15.3. The summed E-state index contributed by atoms with van der Waals surface area (Å²) >= 11 is 3.55. The minimum Gasteiger partial charge on any atom is -0.492 e. The van der Waals surface area contributed by atoms with Crippen LogP contribution in [0.2, 0.25) is 0 Å².